The van der Waals surface area contributed by atoms with Gasteiger partial charge in [-0.25, -0.2) is 0 Å². The fourth-order valence-electron chi connectivity index (χ4n) is 3.43. The Morgan fingerprint density at radius 2 is 2.13 bits per heavy atom. The molecule has 1 aromatic carbocycles. The third-order valence-electron chi connectivity index (χ3n) is 4.57. The maximum atomic E-state index is 12.4. The molecule has 0 fully saturated rings. The molecule has 4 rings (SSSR count). The summed E-state index contributed by atoms with van der Waals surface area (Å²) in [4.78, 5) is 16.6. The van der Waals surface area contributed by atoms with E-state index >= 15 is 0 Å². The predicted molar refractivity (Wildman–Crippen MR) is 88.3 cm³/mol. The van der Waals surface area contributed by atoms with E-state index in [1.165, 1.54) is 16.6 Å². The maximum Gasteiger partial charge on any atom is 0.249 e. The van der Waals surface area contributed by atoms with Crippen molar-refractivity contribution in [2.45, 2.75) is 32.7 Å². The Bertz CT molecular complexity index is 886. The van der Waals surface area contributed by atoms with E-state index in [0.29, 0.717) is 12.5 Å². The summed E-state index contributed by atoms with van der Waals surface area (Å²) < 4.78 is 3.79. The first-order valence-corrected chi connectivity index (χ1v) is 7.90. The first kappa shape index (κ1) is 14.0. The number of hydrogen-bond donors (Lipinski definition) is 1. The van der Waals surface area contributed by atoms with Gasteiger partial charge in [-0.2, -0.15) is 4.98 Å². The van der Waals surface area contributed by atoms with Gasteiger partial charge in [0, 0.05) is 23.6 Å². The average molecular weight is 309 g/mol. The van der Waals surface area contributed by atoms with Gasteiger partial charge >= 0.3 is 0 Å². The van der Waals surface area contributed by atoms with E-state index < -0.39 is 0 Å². The van der Waals surface area contributed by atoms with Crippen molar-refractivity contribution in [2.24, 2.45) is 7.05 Å². The van der Waals surface area contributed by atoms with Crippen LogP contribution in [0.15, 0.2) is 24.3 Å². The zero-order valence-corrected chi connectivity index (χ0v) is 13.3. The van der Waals surface area contributed by atoms with E-state index in [-0.39, 0.29) is 5.91 Å². The molecule has 2 aromatic heterocycles. The number of aryl methyl sites for hydroxylation is 3. The molecule has 1 aliphatic carbocycles. The number of carbonyl (C=O) groups excluding carboxylic acids is 1. The van der Waals surface area contributed by atoms with Crippen molar-refractivity contribution in [3.63, 3.8) is 0 Å². The predicted octanol–water partition coefficient (Wildman–Crippen LogP) is 2.21. The molecule has 23 heavy (non-hydrogen) atoms. The number of aromatic nitrogens is 4. The molecule has 0 spiro atoms. The number of fused-ring (bicyclic) bond motifs is 3. The van der Waals surface area contributed by atoms with Crippen molar-refractivity contribution >= 4 is 22.8 Å². The molecule has 3 aromatic rings. The van der Waals surface area contributed by atoms with Gasteiger partial charge in [-0.05, 0) is 37.8 Å². The van der Waals surface area contributed by atoms with Crippen molar-refractivity contribution in [1.29, 1.82) is 0 Å². The Morgan fingerprint density at radius 3 is 2.91 bits per heavy atom. The molecule has 0 saturated heterocycles. The standard InChI is InChI=1S/C17H19N5O/c1-11-18-17(20-21(11)2)19-16(23)10-22-14-8-4-3-6-12(14)13-7-5-9-15(13)22/h3-4,6,8H,5,7,9-10H2,1-2H3,(H,19,20,23). The molecule has 1 aliphatic rings. The third kappa shape index (κ3) is 2.30. The van der Waals surface area contributed by atoms with Gasteiger partial charge in [0.15, 0.2) is 0 Å². The summed E-state index contributed by atoms with van der Waals surface area (Å²) in [5.41, 5.74) is 3.84. The number of nitrogens with one attached hydrogen (secondary N) is 1. The third-order valence-corrected chi connectivity index (χ3v) is 4.57. The van der Waals surface area contributed by atoms with Gasteiger partial charge < -0.3 is 4.57 Å². The molecular weight excluding hydrogens is 290 g/mol. The van der Waals surface area contributed by atoms with Crippen LogP contribution >= 0.6 is 0 Å². The number of benzene rings is 1. The molecular formula is C17H19N5O. The summed E-state index contributed by atoms with van der Waals surface area (Å²) in [6.45, 7) is 2.15. The number of nitrogens with zero attached hydrogens (tertiary/aromatic N) is 4. The molecule has 0 bridgehead atoms. The lowest BCUT2D eigenvalue weighted by atomic mass is 10.1. The molecule has 2 heterocycles. The Morgan fingerprint density at radius 1 is 1.30 bits per heavy atom. The largest absolute Gasteiger partial charge is 0.335 e. The van der Waals surface area contributed by atoms with Gasteiger partial charge in [-0.3, -0.25) is 14.8 Å². The molecule has 0 radical (unpaired) electrons. The van der Waals surface area contributed by atoms with Crippen LogP contribution in [0.3, 0.4) is 0 Å². The van der Waals surface area contributed by atoms with Crippen LogP contribution in [0.5, 0.6) is 0 Å². The summed E-state index contributed by atoms with van der Waals surface area (Å²) in [6, 6.07) is 8.32. The SMILES string of the molecule is Cc1nc(NC(=O)Cn2c3c(c4ccccc42)CCC3)nn1C. The number of amides is 1. The van der Waals surface area contributed by atoms with Gasteiger partial charge in [0.25, 0.3) is 0 Å². The minimum absolute atomic E-state index is 0.0916. The minimum Gasteiger partial charge on any atom is -0.335 e. The van der Waals surface area contributed by atoms with Crippen molar-refractivity contribution in [3.05, 3.63) is 41.3 Å². The second-order valence-electron chi connectivity index (χ2n) is 6.04. The smallest absolute Gasteiger partial charge is 0.249 e. The number of rotatable bonds is 3. The lowest BCUT2D eigenvalue weighted by molar-refractivity contribution is -0.116. The molecule has 0 aliphatic heterocycles. The van der Waals surface area contributed by atoms with Crippen molar-refractivity contribution in [1.82, 2.24) is 19.3 Å². The van der Waals surface area contributed by atoms with Gasteiger partial charge in [-0.1, -0.05) is 18.2 Å². The van der Waals surface area contributed by atoms with Crippen molar-refractivity contribution in [3.8, 4) is 0 Å². The van der Waals surface area contributed by atoms with Crippen LogP contribution in [0.25, 0.3) is 10.9 Å². The lowest BCUT2D eigenvalue weighted by Crippen LogP contribution is -2.20. The molecule has 1 N–H and O–H groups in total. The van der Waals surface area contributed by atoms with Crippen molar-refractivity contribution in [2.75, 3.05) is 5.32 Å². The monoisotopic (exact) mass is 309 g/mol. The first-order valence-electron chi connectivity index (χ1n) is 7.90. The second-order valence-corrected chi connectivity index (χ2v) is 6.04. The Balaban J connectivity index is 1.64. The highest BCUT2D eigenvalue weighted by atomic mass is 16.2. The van der Waals surface area contributed by atoms with Crippen molar-refractivity contribution < 1.29 is 4.79 Å². The quantitative estimate of drug-likeness (QED) is 0.806. The normalized spacial score (nSPS) is 13.5. The van der Waals surface area contributed by atoms with Gasteiger partial charge in [0.05, 0.1) is 0 Å². The molecule has 1 amide bonds. The summed E-state index contributed by atoms with van der Waals surface area (Å²) in [5.74, 6) is 1.04. The highest BCUT2D eigenvalue weighted by Gasteiger charge is 2.22. The average Bonchev–Trinajstić information content (AvgIpc) is 3.18. The molecule has 0 atom stereocenters. The summed E-state index contributed by atoms with van der Waals surface area (Å²) >= 11 is 0. The Kier molecular flexibility index (Phi) is 3.18. The van der Waals surface area contributed by atoms with Crippen LogP contribution in [0.2, 0.25) is 0 Å². The van der Waals surface area contributed by atoms with E-state index in [2.05, 4.69) is 38.2 Å². The summed E-state index contributed by atoms with van der Waals surface area (Å²) in [5, 5.41) is 8.25. The van der Waals surface area contributed by atoms with E-state index in [1.54, 1.807) is 4.68 Å². The highest BCUT2D eigenvalue weighted by Crippen LogP contribution is 2.32. The molecule has 118 valence electrons. The molecule has 6 heteroatoms. The highest BCUT2D eigenvalue weighted by molar-refractivity contribution is 5.92. The Hall–Kier alpha value is -2.63. The van der Waals surface area contributed by atoms with Gasteiger partial charge in [0.2, 0.25) is 11.9 Å². The van der Waals surface area contributed by atoms with Crippen LogP contribution < -0.4 is 5.32 Å². The fraction of sp³-hybridized carbons (Fsp3) is 0.353. The Labute approximate surface area is 134 Å². The number of para-hydroxylation sites is 1. The number of carbonyl (C=O) groups is 1. The second kappa shape index (κ2) is 5.22. The van der Waals surface area contributed by atoms with Crippen LogP contribution in [-0.4, -0.2) is 25.2 Å². The first-order chi connectivity index (χ1) is 11.1. The zero-order valence-electron chi connectivity index (χ0n) is 13.3. The number of hydrogen-bond acceptors (Lipinski definition) is 3. The maximum absolute atomic E-state index is 12.4. The van der Waals surface area contributed by atoms with E-state index in [9.17, 15) is 4.79 Å². The van der Waals surface area contributed by atoms with E-state index in [1.807, 2.05) is 20.0 Å². The fourth-order valence-corrected chi connectivity index (χ4v) is 3.43. The van der Waals surface area contributed by atoms with Gasteiger partial charge in [-0.15, -0.1) is 5.10 Å². The van der Waals surface area contributed by atoms with E-state index in [0.717, 1.165) is 30.6 Å². The molecule has 6 nitrogen and oxygen atoms in total. The van der Waals surface area contributed by atoms with Crippen LogP contribution in [-0.2, 0) is 31.2 Å². The number of anilines is 1. The van der Waals surface area contributed by atoms with Crippen LogP contribution in [0.1, 0.15) is 23.5 Å². The summed E-state index contributed by atoms with van der Waals surface area (Å²) in [7, 11) is 1.81. The molecule has 0 saturated carbocycles. The van der Waals surface area contributed by atoms with Crippen LogP contribution in [0.4, 0.5) is 5.95 Å². The lowest BCUT2D eigenvalue weighted by Gasteiger charge is -2.08. The van der Waals surface area contributed by atoms with Gasteiger partial charge in [0.1, 0.15) is 12.4 Å². The summed E-state index contributed by atoms with van der Waals surface area (Å²) in [6.07, 6.45) is 3.31. The van der Waals surface area contributed by atoms with E-state index in [4.69, 9.17) is 0 Å². The topological polar surface area (TPSA) is 64.7 Å². The molecule has 0 unspecified atom stereocenters. The minimum atomic E-state index is -0.0916. The zero-order chi connectivity index (χ0) is 16.0. The van der Waals surface area contributed by atoms with Crippen LogP contribution in [0, 0.1) is 6.92 Å².